The van der Waals surface area contributed by atoms with Crippen molar-refractivity contribution in [1.29, 1.82) is 10.5 Å². The molecule has 186 valence electrons. The molecule has 3 aromatic heterocycles. The molecule has 0 saturated heterocycles. The van der Waals surface area contributed by atoms with Crippen molar-refractivity contribution in [2.24, 2.45) is 0 Å². The maximum atomic E-state index is 14.0. The van der Waals surface area contributed by atoms with Gasteiger partial charge in [-0.15, -0.1) is 5.10 Å². The fourth-order valence-electron chi connectivity index (χ4n) is 3.87. The number of H-pyrrole nitrogens is 1. The van der Waals surface area contributed by atoms with Gasteiger partial charge in [0.1, 0.15) is 23.6 Å². The van der Waals surface area contributed by atoms with Gasteiger partial charge in [-0.3, -0.25) is 10.1 Å². The molecule has 0 aliphatic rings. The molecule has 3 heterocycles. The molecule has 0 amide bonds. The van der Waals surface area contributed by atoms with Gasteiger partial charge in [-0.25, -0.2) is 13.8 Å². The quantitative estimate of drug-likeness (QED) is 0.244. The van der Waals surface area contributed by atoms with Crippen LogP contribution in [0.4, 0.5) is 30.2 Å². The van der Waals surface area contributed by atoms with Gasteiger partial charge in [-0.05, 0) is 29.8 Å². The van der Waals surface area contributed by atoms with Crippen LogP contribution in [0.15, 0.2) is 55.0 Å². The molecule has 5 aromatic rings. The van der Waals surface area contributed by atoms with E-state index in [-0.39, 0.29) is 27.5 Å². The molecule has 0 spiro atoms. The zero-order chi connectivity index (χ0) is 26.8. The number of anilines is 3. The van der Waals surface area contributed by atoms with E-state index >= 15 is 0 Å². The number of aromatic amines is 1. The second kappa shape index (κ2) is 10.0. The first-order valence-corrected chi connectivity index (χ1v) is 11.2. The van der Waals surface area contributed by atoms with Gasteiger partial charge in [0.05, 0.1) is 45.9 Å². The van der Waals surface area contributed by atoms with Gasteiger partial charge in [-0.2, -0.15) is 14.9 Å². The molecule has 5 rings (SSSR count). The van der Waals surface area contributed by atoms with Crippen LogP contribution in [-0.2, 0) is 0 Å². The van der Waals surface area contributed by atoms with Crippen LogP contribution < -0.4 is 10.6 Å². The van der Waals surface area contributed by atoms with Crippen LogP contribution in [0.25, 0.3) is 10.9 Å². The molecule has 0 bridgehead atoms. The van der Waals surface area contributed by atoms with Gasteiger partial charge in [0.25, 0.3) is 0 Å². The predicted molar refractivity (Wildman–Crippen MR) is 132 cm³/mol. The molecule has 38 heavy (non-hydrogen) atoms. The van der Waals surface area contributed by atoms with Crippen molar-refractivity contribution in [2.45, 2.75) is 6.04 Å². The minimum atomic E-state index is -1.26. The fraction of sp³-hybridized carbons (Fsp3) is 0.0400. The molecule has 3 N–H and O–H groups in total. The summed E-state index contributed by atoms with van der Waals surface area (Å²) in [4.78, 5) is 7.77. The van der Waals surface area contributed by atoms with Crippen molar-refractivity contribution in [3.05, 3.63) is 100.0 Å². The van der Waals surface area contributed by atoms with E-state index in [4.69, 9.17) is 11.6 Å². The Morgan fingerprint density at radius 1 is 0.947 bits per heavy atom. The molecule has 1 atom stereocenters. The fourth-order valence-corrected chi connectivity index (χ4v) is 4.09. The summed E-state index contributed by atoms with van der Waals surface area (Å²) >= 11 is 6.44. The van der Waals surface area contributed by atoms with Crippen molar-refractivity contribution in [1.82, 2.24) is 25.4 Å². The number of hydrogen-bond donors (Lipinski definition) is 3. The number of halogens is 4. The Hall–Kier alpha value is -5.20. The average molecular weight is 532 g/mol. The van der Waals surface area contributed by atoms with Crippen molar-refractivity contribution in [2.75, 3.05) is 10.6 Å². The topological polar surface area (TPSA) is 139 Å². The minimum absolute atomic E-state index is 0.0956. The lowest BCUT2D eigenvalue weighted by Gasteiger charge is -2.21. The number of rotatable bonds is 6. The first-order chi connectivity index (χ1) is 18.4. The largest absolute Gasteiger partial charge is 0.371 e. The number of nitrogens with zero attached hydrogens (tertiary/aromatic N) is 6. The number of fused-ring (bicyclic) bond motifs is 1. The number of nitriles is 2. The lowest BCUT2D eigenvalue weighted by atomic mass is 10.0. The van der Waals surface area contributed by atoms with E-state index in [0.29, 0.717) is 27.8 Å². The average Bonchev–Trinajstić information content (AvgIpc) is 3.45. The van der Waals surface area contributed by atoms with Crippen LogP contribution in [0.1, 0.15) is 28.4 Å². The van der Waals surface area contributed by atoms with Gasteiger partial charge < -0.3 is 10.6 Å². The van der Waals surface area contributed by atoms with Crippen LogP contribution >= 0.6 is 11.6 Å². The highest BCUT2D eigenvalue weighted by atomic mass is 35.5. The van der Waals surface area contributed by atoms with Crippen LogP contribution in [0.5, 0.6) is 0 Å². The van der Waals surface area contributed by atoms with Crippen LogP contribution in [0, 0.1) is 40.2 Å². The maximum Gasteiger partial charge on any atom is 0.249 e. The Kier molecular flexibility index (Phi) is 6.47. The van der Waals surface area contributed by atoms with E-state index in [1.54, 1.807) is 12.1 Å². The summed E-state index contributed by atoms with van der Waals surface area (Å²) in [5.74, 6) is -3.10. The van der Waals surface area contributed by atoms with Crippen molar-refractivity contribution in [3.8, 4) is 12.1 Å². The summed E-state index contributed by atoms with van der Waals surface area (Å²) in [6.45, 7) is 0. The van der Waals surface area contributed by atoms with E-state index in [2.05, 4.69) is 36.0 Å². The standard InChI is InChI=1S/C25H13ClF3N9/c26-15-4-17-22(35-16-6-19(28)25(29)33-10-16)14(8-31)9-32-24(17)20(5-15)36-23(21-11-34-38-37-21)12-1-2-18(27)13(3-12)7-30/h1-6,9-11,23,36H,(H,32,35)(H,34,37,38)/t23-/m0/s1. The molecule has 0 radical (unpaired) electrons. The number of pyridine rings is 2. The second-order valence-electron chi connectivity index (χ2n) is 7.96. The van der Waals surface area contributed by atoms with Gasteiger partial charge in [0, 0.05) is 28.9 Å². The summed E-state index contributed by atoms with van der Waals surface area (Å²) < 4.78 is 41.1. The Labute approximate surface area is 217 Å². The first kappa shape index (κ1) is 24.5. The van der Waals surface area contributed by atoms with E-state index in [9.17, 15) is 23.7 Å². The van der Waals surface area contributed by atoms with E-state index < -0.39 is 23.6 Å². The number of aromatic nitrogens is 5. The van der Waals surface area contributed by atoms with Crippen molar-refractivity contribution >= 4 is 39.6 Å². The van der Waals surface area contributed by atoms with Gasteiger partial charge >= 0.3 is 0 Å². The summed E-state index contributed by atoms with van der Waals surface area (Å²) in [6.07, 6.45) is 3.93. The summed E-state index contributed by atoms with van der Waals surface area (Å²) in [5.41, 5.74) is 1.98. The first-order valence-electron chi connectivity index (χ1n) is 10.8. The Balaban J connectivity index is 1.65. The highest BCUT2D eigenvalue weighted by molar-refractivity contribution is 6.32. The van der Waals surface area contributed by atoms with Crippen LogP contribution in [0.2, 0.25) is 5.02 Å². The monoisotopic (exact) mass is 531 g/mol. The zero-order valence-corrected chi connectivity index (χ0v) is 19.7. The van der Waals surface area contributed by atoms with Crippen molar-refractivity contribution in [3.63, 3.8) is 0 Å². The van der Waals surface area contributed by atoms with Crippen LogP contribution in [0.3, 0.4) is 0 Å². The Bertz CT molecular complexity index is 1760. The van der Waals surface area contributed by atoms with E-state index in [0.717, 1.165) is 12.3 Å². The molecule has 2 aromatic carbocycles. The number of hydrogen-bond acceptors (Lipinski definition) is 8. The lowest BCUT2D eigenvalue weighted by molar-refractivity contribution is 0.480. The van der Waals surface area contributed by atoms with E-state index in [1.807, 2.05) is 12.1 Å². The molecule has 9 nitrogen and oxygen atoms in total. The predicted octanol–water partition coefficient (Wildman–Crippen LogP) is 5.51. The SMILES string of the molecule is N#Cc1cc([C@H](Nc2cc(Cl)cc3c(Nc4cnc(F)c(F)c4)c(C#N)cnc23)c2c[nH]nn2)ccc1F. The molecule has 0 saturated carbocycles. The Morgan fingerprint density at radius 2 is 1.76 bits per heavy atom. The maximum absolute atomic E-state index is 14.0. The molecular formula is C25H13ClF3N9. The Morgan fingerprint density at radius 3 is 2.47 bits per heavy atom. The third kappa shape index (κ3) is 4.64. The minimum Gasteiger partial charge on any atom is -0.371 e. The third-order valence-electron chi connectivity index (χ3n) is 5.60. The third-order valence-corrected chi connectivity index (χ3v) is 5.82. The smallest absolute Gasteiger partial charge is 0.249 e. The second-order valence-corrected chi connectivity index (χ2v) is 8.39. The van der Waals surface area contributed by atoms with E-state index in [1.165, 1.54) is 30.6 Å². The number of nitrogens with one attached hydrogen (secondary N) is 3. The normalized spacial score (nSPS) is 11.5. The van der Waals surface area contributed by atoms with Gasteiger partial charge in [0.15, 0.2) is 5.82 Å². The van der Waals surface area contributed by atoms with Crippen molar-refractivity contribution < 1.29 is 13.2 Å². The molecule has 0 aliphatic carbocycles. The molecule has 0 unspecified atom stereocenters. The zero-order valence-electron chi connectivity index (χ0n) is 19.0. The number of benzene rings is 2. The van der Waals surface area contributed by atoms with Gasteiger partial charge in [0.2, 0.25) is 5.95 Å². The summed E-state index contributed by atoms with van der Waals surface area (Å²) in [7, 11) is 0. The highest BCUT2D eigenvalue weighted by Gasteiger charge is 2.22. The molecule has 0 fully saturated rings. The molecule has 13 heteroatoms. The summed E-state index contributed by atoms with van der Waals surface area (Å²) in [6, 6.07) is 11.2. The molecular weight excluding hydrogens is 519 g/mol. The van der Waals surface area contributed by atoms with Crippen LogP contribution in [-0.4, -0.2) is 25.4 Å². The summed E-state index contributed by atoms with van der Waals surface area (Å²) in [5, 5.41) is 36.2. The van der Waals surface area contributed by atoms with Gasteiger partial charge in [-0.1, -0.05) is 22.9 Å². The lowest BCUT2D eigenvalue weighted by Crippen LogP contribution is -2.14. The molecule has 0 aliphatic heterocycles. The highest BCUT2D eigenvalue weighted by Crippen LogP contribution is 2.37.